The van der Waals surface area contributed by atoms with E-state index in [4.69, 9.17) is 4.74 Å². The Balaban J connectivity index is 2.44. The van der Waals surface area contributed by atoms with E-state index in [1.807, 2.05) is 12.1 Å². The zero-order valence-electron chi connectivity index (χ0n) is 10.7. The SMILES string of the molecule is CCCNCC(COC)Cc1ccc(F)cc1. The molecular weight excluding hydrogens is 217 g/mol. The molecule has 0 heterocycles. The Morgan fingerprint density at radius 1 is 1.29 bits per heavy atom. The summed E-state index contributed by atoms with van der Waals surface area (Å²) in [7, 11) is 1.72. The van der Waals surface area contributed by atoms with E-state index in [0.29, 0.717) is 5.92 Å². The summed E-state index contributed by atoms with van der Waals surface area (Å²) in [4.78, 5) is 0. The molecule has 0 aliphatic heterocycles. The minimum atomic E-state index is -0.179. The molecule has 1 rings (SSSR count). The highest BCUT2D eigenvalue weighted by molar-refractivity contribution is 5.16. The lowest BCUT2D eigenvalue weighted by Gasteiger charge is -2.16. The van der Waals surface area contributed by atoms with Crippen molar-refractivity contribution in [2.24, 2.45) is 5.92 Å². The molecule has 0 radical (unpaired) electrons. The van der Waals surface area contributed by atoms with E-state index in [1.165, 1.54) is 12.1 Å². The first kappa shape index (κ1) is 14.1. The van der Waals surface area contributed by atoms with Gasteiger partial charge in [-0.15, -0.1) is 0 Å². The Kier molecular flexibility index (Phi) is 6.82. The maximum atomic E-state index is 12.8. The maximum Gasteiger partial charge on any atom is 0.123 e. The highest BCUT2D eigenvalue weighted by Crippen LogP contribution is 2.10. The smallest absolute Gasteiger partial charge is 0.123 e. The van der Waals surface area contributed by atoms with Gasteiger partial charge in [-0.1, -0.05) is 19.1 Å². The lowest BCUT2D eigenvalue weighted by molar-refractivity contribution is 0.151. The van der Waals surface area contributed by atoms with Crippen molar-refractivity contribution < 1.29 is 9.13 Å². The summed E-state index contributed by atoms with van der Waals surface area (Å²) >= 11 is 0. The highest BCUT2D eigenvalue weighted by atomic mass is 19.1. The number of hydrogen-bond acceptors (Lipinski definition) is 2. The van der Waals surface area contributed by atoms with Gasteiger partial charge in [0.15, 0.2) is 0 Å². The first-order chi connectivity index (χ1) is 8.26. The largest absolute Gasteiger partial charge is 0.384 e. The van der Waals surface area contributed by atoms with Crippen LogP contribution in [0.15, 0.2) is 24.3 Å². The topological polar surface area (TPSA) is 21.3 Å². The molecule has 3 heteroatoms. The molecule has 0 aliphatic carbocycles. The van der Waals surface area contributed by atoms with Gasteiger partial charge in [-0.2, -0.15) is 0 Å². The van der Waals surface area contributed by atoms with Crippen LogP contribution >= 0.6 is 0 Å². The molecule has 2 nitrogen and oxygen atoms in total. The van der Waals surface area contributed by atoms with E-state index in [2.05, 4.69) is 12.2 Å². The summed E-state index contributed by atoms with van der Waals surface area (Å²) in [5, 5.41) is 3.40. The number of halogens is 1. The molecule has 1 atom stereocenters. The minimum absolute atomic E-state index is 0.179. The number of benzene rings is 1. The summed E-state index contributed by atoms with van der Waals surface area (Å²) < 4.78 is 18.0. The van der Waals surface area contributed by atoms with Crippen molar-refractivity contribution in [3.05, 3.63) is 35.6 Å². The van der Waals surface area contributed by atoms with Crippen LogP contribution in [-0.2, 0) is 11.2 Å². The molecule has 17 heavy (non-hydrogen) atoms. The number of ether oxygens (including phenoxy) is 1. The van der Waals surface area contributed by atoms with Gasteiger partial charge in [0.25, 0.3) is 0 Å². The van der Waals surface area contributed by atoms with Crippen LogP contribution in [0.1, 0.15) is 18.9 Å². The molecule has 0 fully saturated rings. The second kappa shape index (κ2) is 8.20. The van der Waals surface area contributed by atoms with Crippen LogP contribution in [-0.4, -0.2) is 26.8 Å². The van der Waals surface area contributed by atoms with Gasteiger partial charge >= 0.3 is 0 Å². The normalized spacial score (nSPS) is 12.6. The van der Waals surface area contributed by atoms with Gasteiger partial charge in [0.1, 0.15) is 5.82 Å². The van der Waals surface area contributed by atoms with Crippen LogP contribution in [0.3, 0.4) is 0 Å². The fraction of sp³-hybridized carbons (Fsp3) is 0.571. The molecule has 1 aromatic rings. The molecule has 1 aromatic carbocycles. The quantitative estimate of drug-likeness (QED) is 0.704. The zero-order valence-corrected chi connectivity index (χ0v) is 10.7. The average molecular weight is 239 g/mol. The van der Waals surface area contributed by atoms with Crippen molar-refractivity contribution in [1.29, 1.82) is 0 Å². The maximum absolute atomic E-state index is 12.8. The average Bonchev–Trinajstić information content (AvgIpc) is 2.32. The molecular formula is C14H22FNO. The van der Waals surface area contributed by atoms with Gasteiger partial charge < -0.3 is 10.1 Å². The van der Waals surface area contributed by atoms with Gasteiger partial charge in [0, 0.05) is 13.7 Å². The molecule has 1 N–H and O–H groups in total. The van der Waals surface area contributed by atoms with Crippen LogP contribution < -0.4 is 5.32 Å². The van der Waals surface area contributed by atoms with Crippen molar-refractivity contribution >= 4 is 0 Å². The summed E-state index contributed by atoms with van der Waals surface area (Å²) in [5.74, 6) is 0.262. The third kappa shape index (κ3) is 5.80. The van der Waals surface area contributed by atoms with Gasteiger partial charge in [-0.3, -0.25) is 0 Å². The molecule has 0 spiro atoms. The van der Waals surface area contributed by atoms with E-state index >= 15 is 0 Å². The Labute approximate surface area is 103 Å². The molecule has 0 amide bonds. The standard InChI is InChI=1S/C14H22FNO/c1-3-8-16-10-13(11-17-2)9-12-4-6-14(15)7-5-12/h4-7,13,16H,3,8-11H2,1-2H3. The fourth-order valence-electron chi connectivity index (χ4n) is 1.86. The summed E-state index contributed by atoms with van der Waals surface area (Å²) in [6, 6.07) is 6.72. The predicted octanol–water partition coefficient (Wildman–Crippen LogP) is 2.63. The third-order valence-corrected chi connectivity index (χ3v) is 2.70. The number of hydrogen-bond donors (Lipinski definition) is 1. The van der Waals surface area contributed by atoms with Gasteiger partial charge in [-0.25, -0.2) is 4.39 Å². The van der Waals surface area contributed by atoms with Crippen molar-refractivity contribution in [2.75, 3.05) is 26.8 Å². The minimum Gasteiger partial charge on any atom is -0.384 e. The Morgan fingerprint density at radius 3 is 2.59 bits per heavy atom. The predicted molar refractivity (Wildman–Crippen MR) is 68.6 cm³/mol. The van der Waals surface area contributed by atoms with Crippen LogP contribution in [0.4, 0.5) is 4.39 Å². The molecule has 0 saturated carbocycles. The first-order valence-electron chi connectivity index (χ1n) is 6.20. The summed E-state index contributed by atoms with van der Waals surface area (Å²) in [6.45, 7) is 4.86. The van der Waals surface area contributed by atoms with Gasteiger partial charge in [0.2, 0.25) is 0 Å². The van der Waals surface area contributed by atoms with Crippen LogP contribution in [0.5, 0.6) is 0 Å². The van der Waals surface area contributed by atoms with Crippen LogP contribution in [0.2, 0.25) is 0 Å². The summed E-state index contributed by atoms with van der Waals surface area (Å²) in [6.07, 6.45) is 2.06. The number of rotatable bonds is 8. The van der Waals surface area contributed by atoms with E-state index in [0.717, 1.165) is 38.1 Å². The molecule has 1 unspecified atom stereocenters. The van der Waals surface area contributed by atoms with Crippen LogP contribution in [0, 0.1) is 11.7 Å². The van der Waals surface area contributed by atoms with Crippen molar-refractivity contribution in [1.82, 2.24) is 5.32 Å². The van der Waals surface area contributed by atoms with Gasteiger partial charge in [0.05, 0.1) is 6.61 Å². The molecule has 0 saturated heterocycles. The van der Waals surface area contributed by atoms with Crippen molar-refractivity contribution in [3.63, 3.8) is 0 Å². The van der Waals surface area contributed by atoms with Crippen LogP contribution in [0.25, 0.3) is 0 Å². The van der Waals surface area contributed by atoms with Gasteiger partial charge in [-0.05, 0) is 43.0 Å². The number of methoxy groups -OCH3 is 1. The Bertz CT molecular complexity index is 300. The monoisotopic (exact) mass is 239 g/mol. The van der Waals surface area contributed by atoms with E-state index < -0.39 is 0 Å². The van der Waals surface area contributed by atoms with E-state index in [9.17, 15) is 4.39 Å². The Morgan fingerprint density at radius 2 is 2.00 bits per heavy atom. The summed E-state index contributed by atoms with van der Waals surface area (Å²) in [5.41, 5.74) is 1.16. The molecule has 0 aliphatic rings. The Hall–Kier alpha value is -0.930. The van der Waals surface area contributed by atoms with Crippen molar-refractivity contribution in [2.45, 2.75) is 19.8 Å². The lowest BCUT2D eigenvalue weighted by Crippen LogP contribution is -2.27. The molecule has 0 bridgehead atoms. The van der Waals surface area contributed by atoms with Crippen molar-refractivity contribution in [3.8, 4) is 0 Å². The van der Waals surface area contributed by atoms with E-state index in [-0.39, 0.29) is 5.82 Å². The third-order valence-electron chi connectivity index (χ3n) is 2.70. The van der Waals surface area contributed by atoms with E-state index in [1.54, 1.807) is 7.11 Å². The molecule has 0 aromatic heterocycles. The second-order valence-corrected chi connectivity index (χ2v) is 4.36. The fourth-order valence-corrected chi connectivity index (χ4v) is 1.86. The lowest BCUT2D eigenvalue weighted by atomic mass is 10.00. The number of nitrogens with one attached hydrogen (secondary N) is 1. The first-order valence-corrected chi connectivity index (χ1v) is 6.20. The second-order valence-electron chi connectivity index (χ2n) is 4.36. The zero-order chi connectivity index (χ0) is 12.5. The highest BCUT2D eigenvalue weighted by Gasteiger charge is 2.09. The molecule has 96 valence electrons.